The maximum atomic E-state index is 12.3. The molecule has 0 atom stereocenters. The van der Waals surface area contributed by atoms with Gasteiger partial charge in [-0.2, -0.15) is 11.8 Å². The van der Waals surface area contributed by atoms with E-state index in [1.165, 1.54) is 0 Å². The van der Waals surface area contributed by atoms with E-state index in [2.05, 4.69) is 15.6 Å². The number of nitrogens with one attached hydrogen (secondary N) is 2. The highest BCUT2D eigenvalue weighted by atomic mass is 35.5. The highest BCUT2D eigenvalue weighted by molar-refractivity contribution is 7.99. The summed E-state index contributed by atoms with van der Waals surface area (Å²) < 4.78 is 31.4. The van der Waals surface area contributed by atoms with Crippen LogP contribution in [0.1, 0.15) is 5.56 Å². The number of aliphatic imine (C=N–C) groups is 1. The second-order valence-corrected chi connectivity index (χ2v) is 9.68. The zero-order chi connectivity index (χ0) is 19.7. The molecule has 0 aromatic heterocycles. The first-order valence-corrected chi connectivity index (χ1v) is 11.9. The number of hydrogen-bond acceptors (Lipinski definition) is 5. The van der Waals surface area contributed by atoms with Gasteiger partial charge in [0.1, 0.15) is 5.75 Å². The fourth-order valence-corrected chi connectivity index (χ4v) is 5.40. The molecular weight excluding hydrogens is 408 g/mol. The Bertz CT molecular complexity index is 738. The first-order valence-electron chi connectivity index (χ1n) is 8.79. The molecular formula is C17H27ClN4O3S2. The molecule has 0 amide bonds. The molecule has 1 saturated heterocycles. The van der Waals surface area contributed by atoms with Gasteiger partial charge in [-0.3, -0.25) is 4.99 Å². The van der Waals surface area contributed by atoms with Gasteiger partial charge in [0.15, 0.2) is 5.96 Å². The maximum absolute atomic E-state index is 12.3. The first kappa shape index (κ1) is 22.1. The van der Waals surface area contributed by atoms with Gasteiger partial charge < -0.3 is 15.4 Å². The standard InChI is InChI=1S/C17H27ClN4O3S2/c1-19-17(20-6-5-14-3-4-15(25-2)13-16(14)18)21-7-12-27(23,24)22-8-10-26-11-9-22/h3-4,13H,5-12H2,1-2H3,(H2,19,20,21). The number of sulfonamides is 1. The van der Waals surface area contributed by atoms with Crippen LogP contribution in [0.3, 0.4) is 0 Å². The number of benzene rings is 1. The van der Waals surface area contributed by atoms with E-state index in [0.29, 0.717) is 43.6 Å². The van der Waals surface area contributed by atoms with Gasteiger partial charge in [-0.15, -0.1) is 0 Å². The molecule has 7 nitrogen and oxygen atoms in total. The third kappa shape index (κ3) is 7.06. The van der Waals surface area contributed by atoms with Crippen LogP contribution in [0.2, 0.25) is 5.02 Å². The van der Waals surface area contributed by atoms with Crippen molar-refractivity contribution in [1.29, 1.82) is 0 Å². The molecule has 2 N–H and O–H groups in total. The van der Waals surface area contributed by atoms with Gasteiger partial charge in [-0.1, -0.05) is 17.7 Å². The quantitative estimate of drug-likeness (QED) is 0.475. The monoisotopic (exact) mass is 434 g/mol. The van der Waals surface area contributed by atoms with Crippen LogP contribution in [0, 0.1) is 0 Å². The van der Waals surface area contributed by atoms with Crippen LogP contribution in [-0.2, 0) is 16.4 Å². The number of nitrogens with zero attached hydrogens (tertiary/aromatic N) is 2. The molecule has 0 radical (unpaired) electrons. The normalized spacial score (nSPS) is 16.2. The molecule has 0 bridgehead atoms. The molecule has 0 unspecified atom stereocenters. The van der Waals surface area contributed by atoms with Crippen LogP contribution in [-0.4, -0.2) is 76.3 Å². The van der Waals surface area contributed by atoms with Crippen molar-refractivity contribution in [3.05, 3.63) is 28.8 Å². The third-order valence-electron chi connectivity index (χ3n) is 4.19. The highest BCUT2D eigenvalue weighted by Gasteiger charge is 2.23. The average Bonchev–Trinajstić information content (AvgIpc) is 2.68. The Morgan fingerprint density at radius 1 is 1.30 bits per heavy atom. The molecule has 1 aromatic rings. The van der Waals surface area contributed by atoms with Gasteiger partial charge in [0.2, 0.25) is 10.0 Å². The maximum Gasteiger partial charge on any atom is 0.215 e. The van der Waals surface area contributed by atoms with Crippen LogP contribution in [0.5, 0.6) is 5.75 Å². The molecule has 0 saturated carbocycles. The van der Waals surface area contributed by atoms with Crippen LogP contribution in [0.4, 0.5) is 0 Å². The molecule has 1 aromatic carbocycles. The Labute approximate surface area is 170 Å². The first-order chi connectivity index (χ1) is 13.0. The second-order valence-electron chi connectivity index (χ2n) is 5.96. The average molecular weight is 435 g/mol. The summed E-state index contributed by atoms with van der Waals surface area (Å²) in [7, 11) is 0.0454. The van der Waals surface area contributed by atoms with Crippen molar-refractivity contribution >= 4 is 39.3 Å². The predicted octanol–water partition coefficient (Wildman–Crippen LogP) is 1.43. The Balaban J connectivity index is 1.74. The van der Waals surface area contributed by atoms with Crippen molar-refractivity contribution < 1.29 is 13.2 Å². The fourth-order valence-electron chi connectivity index (χ4n) is 2.65. The lowest BCUT2D eigenvalue weighted by Gasteiger charge is -2.25. The number of halogens is 1. The van der Waals surface area contributed by atoms with Gasteiger partial charge in [0, 0.05) is 49.8 Å². The minimum absolute atomic E-state index is 0.0582. The summed E-state index contributed by atoms with van der Waals surface area (Å²) in [5.41, 5.74) is 1.01. The molecule has 27 heavy (non-hydrogen) atoms. The van der Waals surface area contributed by atoms with Crippen LogP contribution in [0.25, 0.3) is 0 Å². The largest absolute Gasteiger partial charge is 0.497 e. The lowest BCUT2D eigenvalue weighted by atomic mass is 10.1. The fraction of sp³-hybridized carbons (Fsp3) is 0.588. The number of thioether (sulfide) groups is 1. The number of methoxy groups -OCH3 is 1. The molecule has 152 valence electrons. The van der Waals surface area contributed by atoms with E-state index in [-0.39, 0.29) is 5.75 Å². The summed E-state index contributed by atoms with van der Waals surface area (Å²) in [6, 6.07) is 5.59. The van der Waals surface area contributed by atoms with Gasteiger partial charge in [0.05, 0.1) is 12.9 Å². The molecule has 0 spiro atoms. The summed E-state index contributed by atoms with van der Waals surface area (Å²) in [5, 5.41) is 6.89. The van der Waals surface area contributed by atoms with Crippen LogP contribution in [0.15, 0.2) is 23.2 Å². The molecule has 1 aliphatic rings. The molecule has 2 rings (SSSR count). The van der Waals surface area contributed by atoms with E-state index in [4.69, 9.17) is 16.3 Å². The van der Waals surface area contributed by atoms with Crippen molar-refractivity contribution in [2.24, 2.45) is 4.99 Å². The third-order valence-corrected chi connectivity index (χ3v) is 7.35. The van der Waals surface area contributed by atoms with Gasteiger partial charge >= 0.3 is 0 Å². The van der Waals surface area contributed by atoms with Crippen LogP contribution < -0.4 is 15.4 Å². The SMILES string of the molecule is CN=C(NCCc1ccc(OC)cc1Cl)NCCS(=O)(=O)N1CCSCC1. The predicted molar refractivity (Wildman–Crippen MR) is 114 cm³/mol. The van der Waals surface area contributed by atoms with Crippen molar-refractivity contribution in [3.63, 3.8) is 0 Å². The summed E-state index contributed by atoms with van der Waals surface area (Å²) >= 11 is 8.03. The van der Waals surface area contributed by atoms with Crippen molar-refractivity contribution in [1.82, 2.24) is 14.9 Å². The topological polar surface area (TPSA) is 83.0 Å². The molecule has 1 aliphatic heterocycles. The van der Waals surface area contributed by atoms with Gasteiger partial charge in [-0.05, 0) is 24.1 Å². The Kier molecular flexibility index (Phi) is 9.01. The molecule has 1 heterocycles. The zero-order valence-corrected chi connectivity index (χ0v) is 18.1. The number of rotatable bonds is 8. The highest BCUT2D eigenvalue weighted by Crippen LogP contribution is 2.22. The number of hydrogen-bond donors (Lipinski definition) is 2. The number of ether oxygens (including phenoxy) is 1. The zero-order valence-electron chi connectivity index (χ0n) is 15.7. The second kappa shape index (κ2) is 11.0. The Morgan fingerprint density at radius 3 is 2.63 bits per heavy atom. The molecule has 1 fully saturated rings. The lowest BCUT2D eigenvalue weighted by Crippen LogP contribution is -2.44. The minimum atomic E-state index is -3.22. The van der Waals surface area contributed by atoms with Gasteiger partial charge in [-0.25, -0.2) is 12.7 Å². The van der Waals surface area contributed by atoms with E-state index in [9.17, 15) is 8.42 Å². The van der Waals surface area contributed by atoms with Gasteiger partial charge in [0.25, 0.3) is 0 Å². The van der Waals surface area contributed by atoms with Crippen molar-refractivity contribution in [3.8, 4) is 5.75 Å². The van der Waals surface area contributed by atoms with E-state index in [1.807, 2.05) is 12.1 Å². The van der Waals surface area contributed by atoms with E-state index in [1.54, 1.807) is 36.3 Å². The van der Waals surface area contributed by atoms with Crippen LogP contribution >= 0.6 is 23.4 Å². The molecule has 0 aliphatic carbocycles. The lowest BCUT2D eigenvalue weighted by molar-refractivity contribution is 0.414. The molecule has 10 heteroatoms. The smallest absolute Gasteiger partial charge is 0.215 e. The number of guanidine groups is 1. The summed E-state index contributed by atoms with van der Waals surface area (Å²) in [6.07, 6.45) is 0.716. The Morgan fingerprint density at radius 2 is 2.00 bits per heavy atom. The van der Waals surface area contributed by atoms with E-state index >= 15 is 0 Å². The summed E-state index contributed by atoms with van der Waals surface area (Å²) in [4.78, 5) is 4.13. The Hall–Kier alpha value is -1.16. The van der Waals surface area contributed by atoms with E-state index < -0.39 is 10.0 Å². The summed E-state index contributed by atoms with van der Waals surface area (Å²) in [5.74, 6) is 3.09. The summed E-state index contributed by atoms with van der Waals surface area (Å²) in [6.45, 7) is 2.14. The minimum Gasteiger partial charge on any atom is -0.497 e. The van der Waals surface area contributed by atoms with E-state index in [0.717, 1.165) is 22.8 Å². The van der Waals surface area contributed by atoms with Crippen molar-refractivity contribution in [2.45, 2.75) is 6.42 Å². The van der Waals surface area contributed by atoms with Crippen molar-refractivity contribution in [2.75, 3.05) is 57.6 Å².